The molecule has 0 radical (unpaired) electrons. The monoisotopic (exact) mass is 320 g/mol. The molecule has 120 valence electrons. The molecule has 1 saturated heterocycles. The third kappa shape index (κ3) is 2.74. The van der Waals surface area contributed by atoms with E-state index in [1.807, 2.05) is 0 Å². The summed E-state index contributed by atoms with van der Waals surface area (Å²) in [5, 5.41) is 1.17. The Morgan fingerprint density at radius 3 is 2.68 bits per heavy atom. The number of fused-ring (bicyclic) bond motifs is 1. The van der Waals surface area contributed by atoms with Gasteiger partial charge in [0.2, 0.25) is 5.91 Å². The quantitative estimate of drug-likeness (QED) is 0.848. The molecule has 22 heavy (non-hydrogen) atoms. The number of aromatic nitrogens is 1. The van der Waals surface area contributed by atoms with Crippen LogP contribution in [-0.4, -0.2) is 60.0 Å². The van der Waals surface area contributed by atoms with Gasteiger partial charge in [-0.25, -0.2) is 4.98 Å². The van der Waals surface area contributed by atoms with Crippen molar-refractivity contribution in [2.45, 2.75) is 32.7 Å². The Hall–Kier alpha value is -1.14. The minimum atomic E-state index is 0.330. The molecule has 0 bridgehead atoms. The van der Waals surface area contributed by atoms with E-state index >= 15 is 0 Å². The average molecular weight is 320 g/mol. The van der Waals surface area contributed by atoms with Crippen molar-refractivity contribution in [1.82, 2.24) is 14.8 Å². The second-order valence-corrected chi connectivity index (χ2v) is 7.63. The molecule has 2 aliphatic heterocycles. The van der Waals surface area contributed by atoms with Crippen LogP contribution in [0.25, 0.3) is 0 Å². The summed E-state index contributed by atoms with van der Waals surface area (Å²) in [6, 6.07) is 0. The second kappa shape index (κ2) is 5.81. The third-order valence-corrected chi connectivity index (χ3v) is 6.19. The van der Waals surface area contributed by atoms with Gasteiger partial charge in [-0.3, -0.25) is 4.79 Å². The van der Waals surface area contributed by atoms with E-state index in [1.54, 1.807) is 11.3 Å². The van der Waals surface area contributed by atoms with Crippen LogP contribution in [0.15, 0.2) is 0 Å². The Kier molecular flexibility index (Phi) is 3.82. The van der Waals surface area contributed by atoms with E-state index in [2.05, 4.69) is 21.6 Å². The molecule has 1 saturated carbocycles. The smallest absolute Gasteiger partial charge is 0.226 e. The van der Waals surface area contributed by atoms with E-state index in [1.165, 1.54) is 15.7 Å². The number of anilines is 1. The third-order valence-electron chi connectivity index (χ3n) is 5.05. The van der Waals surface area contributed by atoms with E-state index in [0.717, 1.165) is 65.1 Å². The van der Waals surface area contributed by atoms with Gasteiger partial charge in [-0.2, -0.15) is 0 Å². The molecular formula is C16H24N4OS. The highest BCUT2D eigenvalue weighted by molar-refractivity contribution is 7.15. The fraction of sp³-hybridized carbons (Fsp3) is 0.750. The Bertz CT molecular complexity index is 560. The van der Waals surface area contributed by atoms with Gasteiger partial charge in [0.05, 0.1) is 12.2 Å². The summed E-state index contributed by atoms with van der Waals surface area (Å²) in [4.78, 5) is 25.4. The second-order valence-electron chi connectivity index (χ2n) is 6.57. The summed E-state index contributed by atoms with van der Waals surface area (Å²) in [5.74, 6) is 0.702. The van der Waals surface area contributed by atoms with Crippen molar-refractivity contribution in [2.75, 3.05) is 44.2 Å². The van der Waals surface area contributed by atoms with Crippen LogP contribution >= 0.6 is 11.3 Å². The highest BCUT2D eigenvalue weighted by Gasteiger charge is 2.35. The van der Waals surface area contributed by atoms with E-state index in [0.29, 0.717) is 11.8 Å². The first-order chi connectivity index (χ1) is 10.7. The molecule has 1 amide bonds. The number of rotatable bonds is 3. The molecule has 0 aromatic carbocycles. The SMILES string of the molecule is CCN1CCN(c2nc3c(s2)CN(C(=O)C2CC2)CC3)CC1. The highest BCUT2D eigenvalue weighted by Crippen LogP contribution is 2.35. The first-order valence-electron chi connectivity index (χ1n) is 8.49. The van der Waals surface area contributed by atoms with Crippen molar-refractivity contribution in [1.29, 1.82) is 0 Å². The van der Waals surface area contributed by atoms with Gasteiger partial charge in [-0.15, -0.1) is 0 Å². The summed E-state index contributed by atoms with van der Waals surface area (Å²) >= 11 is 1.81. The molecule has 0 atom stereocenters. The van der Waals surface area contributed by atoms with Crippen LogP contribution in [0.3, 0.4) is 0 Å². The molecule has 0 spiro atoms. The van der Waals surface area contributed by atoms with Gasteiger partial charge in [-0.1, -0.05) is 18.3 Å². The van der Waals surface area contributed by atoms with Crippen LogP contribution < -0.4 is 4.90 Å². The fourth-order valence-electron chi connectivity index (χ4n) is 3.35. The molecule has 6 heteroatoms. The number of carbonyl (C=O) groups is 1. The van der Waals surface area contributed by atoms with E-state index < -0.39 is 0 Å². The molecule has 5 nitrogen and oxygen atoms in total. The van der Waals surface area contributed by atoms with Gasteiger partial charge in [0.1, 0.15) is 0 Å². The highest BCUT2D eigenvalue weighted by atomic mass is 32.1. The van der Waals surface area contributed by atoms with Gasteiger partial charge in [0.25, 0.3) is 0 Å². The van der Waals surface area contributed by atoms with Gasteiger partial charge in [0, 0.05) is 49.9 Å². The van der Waals surface area contributed by atoms with Gasteiger partial charge < -0.3 is 14.7 Å². The fourth-order valence-corrected chi connectivity index (χ4v) is 4.52. The minimum Gasteiger partial charge on any atom is -0.346 e. The van der Waals surface area contributed by atoms with Crippen LogP contribution in [0, 0.1) is 5.92 Å². The minimum absolute atomic E-state index is 0.330. The normalized spacial score (nSPS) is 22.8. The number of thiazole rings is 1. The summed E-state index contributed by atoms with van der Waals surface area (Å²) in [6.07, 6.45) is 3.12. The Balaban J connectivity index is 1.44. The van der Waals surface area contributed by atoms with Crippen molar-refractivity contribution in [3.8, 4) is 0 Å². The zero-order chi connectivity index (χ0) is 15.1. The van der Waals surface area contributed by atoms with Crippen molar-refractivity contribution in [3.63, 3.8) is 0 Å². The van der Waals surface area contributed by atoms with Crippen LogP contribution in [0.5, 0.6) is 0 Å². The topological polar surface area (TPSA) is 39.7 Å². The van der Waals surface area contributed by atoms with Crippen molar-refractivity contribution >= 4 is 22.4 Å². The molecule has 3 heterocycles. The number of nitrogens with zero attached hydrogens (tertiary/aromatic N) is 4. The molecular weight excluding hydrogens is 296 g/mol. The zero-order valence-corrected chi connectivity index (χ0v) is 14.1. The van der Waals surface area contributed by atoms with E-state index in [9.17, 15) is 4.79 Å². The molecule has 0 unspecified atom stereocenters. The Morgan fingerprint density at radius 2 is 2.00 bits per heavy atom. The standard InChI is InChI=1S/C16H24N4OS/c1-2-18-7-9-19(10-8-18)16-17-13-5-6-20(11-14(13)22-16)15(21)12-3-4-12/h12H,2-11H2,1H3. The van der Waals surface area contributed by atoms with Crippen molar-refractivity contribution in [3.05, 3.63) is 10.6 Å². The number of carbonyl (C=O) groups excluding carboxylic acids is 1. The van der Waals surface area contributed by atoms with E-state index in [-0.39, 0.29) is 0 Å². The number of piperazine rings is 1. The predicted molar refractivity (Wildman–Crippen MR) is 88.3 cm³/mol. The Morgan fingerprint density at radius 1 is 1.23 bits per heavy atom. The average Bonchev–Trinajstić information content (AvgIpc) is 3.32. The van der Waals surface area contributed by atoms with Gasteiger partial charge in [0.15, 0.2) is 5.13 Å². The number of likely N-dealkylation sites (N-methyl/N-ethyl adjacent to an activating group) is 1. The van der Waals surface area contributed by atoms with Crippen molar-refractivity contribution in [2.24, 2.45) is 5.92 Å². The molecule has 2 fully saturated rings. The lowest BCUT2D eigenvalue weighted by molar-refractivity contribution is -0.133. The lowest BCUT2D eigenvalue weighted by Crippen LogP contribution is -2.46. The van der Waals surface area contributed by atoms with Gasteiger partial charge in [-0.05, 0) is 19.4 Å². The zero-order valence-electron chi connectivity index (χ0n) is 13.3. The van der Waals surface area contributed by atoms with E-state index in [4.69, 9.17) is 4.98 Å². The number of hydrogen-bond acceptors (Lipinski definition) is 5. The maximum Gasteiger partial charge on any atom is 0.226 e. The van der Waals surface area contributed by atoms with Crippen molar-refractivity contribution < 1.29 is 4.79 Å². The Labute approximate surface area is 135 Å². The predicted octanol–water partition coefficient (Wildman–Crippen LogP) is 1.58. The maximum absolute atomic E-state index is 12.2. The first kappa shape index (κ1) is 14.5. The summed E-state index contributed by atoms with van der Waals surface area (Å²) in [7, 11) is 0. The van der Waals surface area contributed by atoms with Gasteiger partial charge >= 0.3 is 0 Å². The lowest BCUT2D eigenvalue weighted by atomic mass is 10.1. The summed E-state index contributed by atoms with van der Waals surface area (Å²) in [6.45, 7) is 9.42. The number of hydrogen-bond donors (Lipinski definition) is 0. The summed E-state index contributed by atoms with van der Waals surface area (Å²) in [5.41, 5.74) is 1.23. The lowest BCUT2D eigenvalue weighted by Gasteiger charge is -2.33. The molecule has 1 aromatic heterocycles. The molecule has 0 N–H and O–H groups in total. The van der Waals surface area contributed by atoms with Crippen LogP contribution in [0.1, 0.15) is 30.3 Å². The van der Waals surface area contributed by atoms with Crippen LogP contribution in [0.4, 0.5) is 5.13 Å². The number of amides is 1. The first-order valence-corrected chi connectivity index (χ1v) is 9.31. The van der Waals surface area contributed by atoms with Crippen LogP contribution in [0.2, 0.25) is 0 Å². The molecule has 3 aliphatic rings. The molecule has 1 aromatic rings. The largest absolute Gasteiger partial charge is 0.346 e. The molecule has 1 aliphatic carbocycles. The maximum atomic E-state index is 12.2. The summed E-state index contributed by atoms with van der Waals surface area (Å²) < 4.78 is 0. The molecule has 4 rings (SSSR count). The van der Waals surface area contributed by atoms with Crippen LogP contribution in [-0.2, 0) is 17.8 Å².